The van der Waals surface area contributed by atoms with E-state index in [4.69, 9.17) is 9.47 Å². The van der Waals surface area contributed by atoms with Crippen LogP contribution in [0.4, 0.5) is 0 Å². The first-order valence-corrected chi connectivity index (χ1v) is 11.7. The molecule has 0 aliphatic carbocycles. The Kier molecular flexibility index (Phi) is 7.04. The molecule has 32 heavy (non-hydrogen) atoms. The van der Waals surface area contributed by atoms with Crippen LogP contribution < -0.4 is 9.47 Å². The van der Waals surface area contributed by atoms with Crippen molar-refractivity contribution in [2.45, 2.75) is 44.6 Å². The summed E-state index contributed by atoms with van der Waals surface area (Å²) in [6.45, 7) is 3.22. The second-order valence-electron chi connectivity index (χ2n) is 9.20. The fraction of sp³-hybridized carbons (Fsp3) is 0.600. The van der Waals surface area contributed by atoms with Gasteiger partial charge in [-0.2, -0.15) is 0 Å². The van der Waals surface area contributed by atoms with Gasteiger partial charge in [0, 0.05) is 25.8 Å². The highest BCUT2D eigenvalue weighted by Crippen LogP contribution is 2.33. The summed E-state index contributed by atoms with van der Waals surface area (Å²) in [5, 5.41) is 0. The molecule has 7 nitrogen and oxygen atoms in total. The molecule has 3 aliphatic rings. The van der Waals surface area contributed by atoms with Crippen LogP contribution in [0.1, 0.15) is 43.2 Å². The van der Waals surface area contributed by atoms with E-state index in [0.717, 1.165) is 17.7 Å². The molecule has 2 atom stereocenters. The predicted octanol–water partition coefficient (Wildman–Crippen LogP) is 2.78. The van der Waals surface area contributed by atoms with Crippen molar-refractivity contribution in [1.82, 2.24) is 14.7 Å². The third-order valence-electron chi connectivity index (χ3n) is 7.21. The highest BCUT2D eigenvalue weighted by molar-refractivity contribution is 5.89. The predicted molar refractivity (Wildman–Crippen MR) is 124 cm³/mol. The van der Waals surface area contributed by atoms with Crippen LogP contribution in [0.15, 0.2) is 18.3 Å². The molecule has 2 saturated heterocycles. The zero-order chi connectivity index (χ0) is 22.7. The van der Waals surface area contributed by atoms with E-state index in [-0.39, 0.29) is 24.8 Å². The summed E-state index contributed by atoms with van der Waals surface area (Å²) >= 11 is 0. The van der Waals surface area contributed by atoms with Crippen LogP contribution in [0.5, 0.6) is 11.5 Å². The van der Waals surface area contributed by atoms with Crippen LogP contribution >= 0.6 is 0 Å². The van der Waals surface area contributed by atoms with Gasteiger partial charge in [-0.3, -0.25) is 9.59 Å². The Labute approximate surface area is 190 Å². The summed E-state index contributed by atoms with van der Waals surface area (Å²) < 4.78 is 10.8. The summed E-state index contributed by atoms with van der Waals surface area (Å²) in [6.07, 6.45) is 10.0. The van der Waals surface area contributed by atoms with Crippen LogP contribution in [0, 0.1) is 5.92 Å². The Hall–Kier alpha value is -2.54. The van der Waals surface area contributed by atoms with Crippen LogP contribution in [0.25, 0.3) is 6.08 Å². The highest BCUT2D eigenvalue weighted by Gasteiger charge is 2.34. The second-order valence-corrected chi connectivity index (χ2v) is 9.20. The number of hydrogen-bond acceptors (Lipinski definition) is 5. The van der Waals surface area contributed by atoms with Crippen molar-refractivity contribution in [2.24, 2.45) is 5.92 Å². The third-order valence-corrected chi connectivity index (χ3v) is 7.21. The monoisotopic (exact) mass is 441 g/mol. The number of likely N-dealkylation sites (N-methyl/N-ethyl adjacent to an activating group) is 1. The zero-order valence-electron chi connectivity index (χ0n) is 19.5. The molecule has 7 heteroatoms. The lowest BCUT2D eigenvalue weighted by Crippen LogP contribution is -2.51. The topological polar surface area (TPSA) is 62.3 Å². The third kappa shape index (κ3) is 4.77. The number of carbonyl (C=O) groups excluding carboxylic acids is 2. The van der Waals surface area contributed by atoms with Gasteiger partial charge >= 0.3 is 0 Å². The van der Waals surface area contributed by atoms with Crippen molar-refractivity contribution >= 4 is 17.9 Å². The van der Waals surface area contributed by atoms with Crippen molar-refractivity contribution in [1.29, 1.82) is 0 Å². The van der Waals surface area contributed by atoms with Crippen LogP contribution in [-0.4, -0.2) is 80.0 Å². The summed E-state index contributed by atoms with van der Waals surface area (Å²) in [4.78, 5) is 31.9. The number of fused-ring (bicyclic) bond motifs is 2. The van der Waals surface area contributed by atoms with E-state index in [1.165, 1.54) is 50.1 Å². The summed E-state index contributed by atoms with van der Waals surface area (Å²) in [6, 6.07) is 4.31. The van der Waals surface area contributed by atoms with Crippen LogP contribution in [-0.2, 0) is 16.0 Å². The maximum Gasteiger partial charge on any atom is 0.242 e. The largest absolute Gasteiger partial charge is 0.493 e. The molecule has 2 unspecified atom stereocenters. The molecular formula is C25H35N3O4. The molecular weight excluding hydrogens is 406 g/mol. The first kappa shape index (κ1) is 22.6. The Morgan fingerprint density at radius 3 is 2.62 bits per heavy atom. The van der Waals surface area contributed by atoms with E-state index in [1.54, 1.807) is 20.4 Å². The van der Waals surface area contributed by atoms with E-state index in [9.17, 15) is 9.59 Å². The number of nitrogens with zero attached hydrogens (tertiary/aromatic N) is 3. The molecule has 174 valence electrons. The molecule has 1 aromatic rings. The number of benzene rings is 1. The molecule has 0 radical (unpaired) electrons. The van der Waals surface area contributed by atoms with Gasteiger partial charge < -0.3 is 24.2 Å². The average molecular weight is 442 g/mol. The fourth-order valence-electron chi connectivity index (χ4n) is 5.41. The Morgan fingerprint density at radius 1 is 1.09 bits per heavy atom. The molecule has 0 aromatic heterocycles. The van der Waals surface area contributed by atoms with Gasteiger partial charge in [0.05, 0.1) is 20.6 Å². The van der Waals surface area contributed by atoms with Crippen molar-refractivity contribution in [3.63, 3.8) is 0 Å². The van der Waals surface area contributed by atoms with E-state index in [1.807, 2.05) is 30.2 Å². The van der Waals surface area contributed by atoms with Gasteiger partial charge in [-0.1, -0.05) is 6.42 Å². The average Bonchev–Trinajstić information content (AvgIpc) is 2.96. The molecule has 2 fully saturated rings. The van der Waals surface area contributed by atoms with Gasteiger partial charge in [-0.15, -0.1) is 0 Å². The van der Waals surface area contributed by atoms with Crippen LogP contribution in [0.3, 0.4) is 0 Å². The molecule has 4 rings (SSSR count). The van der Waals surface area contributed by atoms with Crippen molar-refractivity contribution in [2.75, 3.05) is 47.4 Å². The zero-order valence-corrected chi connectivity index (χ0v) is 19.5. The summed E-state index contributed by atoms with van der Waals surface area (Å²) in [5.74, 6) is 1.64. The van der Waals surface area contributed by atoms with Gasteiger partial charge in [-0.05, 0) is 74.0 Å². The van der Waals surface area contributed by atoms with E-state index >= 15 is 0 Å². The lowest BCUT2D eigenvalue weighted by Gasteiger charge is -2.45. The molecule has 0 N–H and O–H groups in total. The van der Waals surface area contributed by atoms with Crippen molar-refractivity contribution in [3.8, 4) is 11.5 Å². The number of methoxy groups -OCH3 is 2. The minimum atomic E-state index is -0.0925. The number of ether oxygens (including phenoxy) is 2. The molecule has 3 heterocycles. The lowest BCUT2D eigenvalue weighted by molar-refractivity contribution is -0.138. The highest BCUT2D eigenvalue weighted by atomic mass is 16.5. The Morgan fingerprint density at radius 2 is 1.84 bits per heavy atom. The minimum absolute atomic E-state index is 0.0166. The molecule has 3 aliphatic heterocycles. The van der Waals surface area contributed by atoms with E-state index in [0.29, 0.717) is 23.5 Å². The van der Waals surface area contributed by atoms with Gasteiger partial charge in [0.2, 0.25) is 11.8 Å². The first-order valence-electron chi connectivity index (χ1n) is 11.7. The maximum absolute atomic E-state index is 13.0. The first-order chi connectivity index (χ1) is 15.5. The standard InChI is InChI=1S/C25H35N3O4/c1-26(16-19-7-6-11-27-10-5-4-8-21(19)27)25(30)17-28-12-9-18-13-22(31-2)23(32-3)14-20(18)15-24(28)29/h9,12-14,19,21H,4-8,10-11,15-17H2,1-3H3. The normalized spacial score (nSPS) is 23.2. The Balaban J connectivity index is 1.40. The van der Waals surface area contributed by atoms with Gasteiger partial charge in [0.15, 0.2) is 11.5 Å². The second kappa shape index (κ2) is 9.94. The molecule has 2 amide bonds. The molecule has 0 bridgehead atoms. The fourth-order valence-corrected chi connectivity index (χ4v) is 5.41. The Bertz CT molecular complexity index is 882. The van der Waals surface area contributed by atoms with Gasteiger partial charge in [-0.25, -0.2) is 0 Å². The number of amides is 2. The van der Waals surface area contributed by atoms with E-state index in [2.05, 4.69) is 4.90 Å². The molecule has 0 spiro atoms. The minimum Gasteiger partial charge on any atom is -0.493 e. The number of piperidine rings is 2. The van der Waals surface area contributed by atoms with Crippen LogP contribution in [0.2, 0.25) is 0 Å². The number of hydrogen-bond donors (Lipinski definition) is 0. The SMILES string of the molecule is COc1cc2c(cc1OC)CC(=O)N(CC(=O)N(C)CC1CCCN3CCCCC13)C=C2. The summed E-state index contributed by atoms with van der Waals surface area (Å²) in [5.41, 5.74) is 1.77. The van der Waals surface area contributed by atoms with Gasteiger partial charge in [0.1, 0.15) is 6.54 Å². The van der Waals surface area contributed by atoms with Crippen molar-refractivity contribution in [3.05, 3.63) is 29.5 Å². The maximum atomic E-state index is 13.0. The molecule has 1 aromatic carbocycles. The molecule has 0 saturated carbocycles. The number of rotatable bonds is 6. The lowest BCUT2D eigenvalue weighted by atomic mass is 9.83. The summed E-state index contributed by atoms with van der Waals surface area (Å²) in [7, 11) is 5.05. The van der Waals surface area contributed by atoms with Gasteiger partial charge in [0.25, 0.3) is 0 Å². The quantitative estimate of drug-likeness (QED) is 0.679. The van der Waals surface area contributed by atoms with E-state index < -0.39 is 0 Å². The van der Waals surface area contributed by atoms with Crippen molar-refractivity contribution < 1.29 is 19.1 Å². The smallest absolute Gasteiger partial charge is 0.242 e. The number of carbonyl (C=O) groups is 2.